The molecule has 0 amide bonds. The van der Waals surface area contributed by atoms with E-state index in [1.54, 1.807) is 0 Å². The zero-order valence-electron chi connectivity index (χ0n) is 9.00. The van der Waals surface area contributed by atoms with Gasteiger partial charge in [0.25, 0.3) is 0 Å². The third-order valence-corrected chi connectivity index (χ3v) is 4.15. The van der Waals surface area contributed by atoms with Gasteiger partial charge < -0.3 is 5.32 Å². The number of hydrogen-bond donors (Lipinski definition) is 1. The van der Waals surface area contributed by atoms with Gasteiger partial charge in [-0.1, -0.05) is 22.4 Å². The zero-order chi connectivity index (χ0) is 11.1. The van der Waals surface area contributed by atoms with Gasteiger partial charge in [-0.3, -0.25) is 4.79 Å². The molecule has 3 rings (SSSR count). The summed E-state index contributed by atoms with van der Waals surface area (Å²) in [5.41, 5.74) is 2.46. The van der Waals surface area contributed by atoms with Crippen LogP contribution in [0.4, 0.5) is 5.69 Å². The Balaban J connectivity index is 2.02. The average Bonchev–Trinajstić information content (AvgIpc) is 2.52. The summed E-state index contributed by atoms with van der Waals surface area (Å²) in [6.45, 7) is 0. The van der Waals surface area contributed by atoms with E-state index < -0.39 is 0 Å². The Morgan fingerprint density at radius 2 is 2.19 bits per heavy atom. The van der Waals surface area contributed by atoms with E-state index in [-0.39, 0.29) is 6.04 Å². The number of benzene rings is 1. The van der Waals surface area contributed by atoms with Crippen molar-refractivity contribution in [3.63, 3.8) is 0 Å². The minimum absolute atomic E-state index is 0.0341. The highest BCUT2D eigenvalue weighted by Gasteiger charge is 2.37. The zero-order valence-corrected chi connectivity index (χ0v) is 10.6. The van der Waals surface area contributed by atoms with Crippen LogP contribution in [0.3, 0.4) is 0 Å². The summed E-state index contributed by atoms with van der Waals surface area (Å²) < 4.78 is 1.10. The van der Waals surface area contributed by atoms with Crippen LogP contribution in [0.5, 0.6) is 0 Å². The number of halogens is 1. The van der Waals surface area contributed by atoms with Crippen molar-refractivity contribution in [2.75, 3.05) is 5.32 Å². The Kier molecular flexibility index (Phi) is 2.51. The summed E-state index contributed by atoms with van der Waals surface area (Å²) in [6.07, 6.45) is 4.09. The molecule has 0 radical (unpaired) electrons. The van der Waals surface area contributed by atoms with Crippen molar-refractivity contribution in [2.45, 2.75) is 37.6 Å². The Morgan fingerprint density at radius 3 is 3.06 bits per heavy atom. The second-order valence-corrected chi connectivity index (χ2v) is 5.59. The van der Waals surface area contributed by atoms with Gasteiger partial charge in [0.1, 0.15) is 0 Å². The lowest BCUT2D eigenvalue weighted by Gasteiger charge is -2.15. The van der Waals surface area contributed by atoms with Crippen molar-refractivity contribution in [1.82, 2.24) is 0 Å². The SMILES string of the molecule is O=C1CCCCC2c3cc(Br)ccc3NC12. The number of anilines is 1. The fourth-order valence-corrected chi connectivity index (χ4v) is 3.24. The van der Waals surface area contributed by atoms with Crippen LogP contribution in [-0.2, 0) is 4.79 Å². The molecule has 0 aromatic heterocycles. The van der Waals surface area contributed by atoms with Gasteiger partial charge in [0, 0.05) is 22.5 Å². The van der Waals surface area contributed by atoms with Gasteiger partial charge in [-0.25, -0.2) is 0 Å². The van der Waals surface area contributed by atoms with E-state index in [2.05, 4.69) is 33.4 Å². The maximum Gasteiger partial charge on any atom is 0.155 e. The van der Waals surface area contributed by atoms with Gasteiger partial charge in [-0.15, -0.1) is 0 Å². The third-order valence-electron chi connectivity index (χ3n) is 3.66. The normalized spacial score (nSPS) is 27.9. The molecule has 1 N–H and O–H groups in total. The van der Waals surface area contributed by atoms with E-state index in [1.807, 2.05) is 6.07 Å². The monoisotopic (exact) mass is 279 g/mol. The molecule has 2 unspecified atom stereocenters. The number of carbonyl (C=O) groups excluding carboxylic acids is 1. The highest BCUT2D eigenvalue weighted by molar-refractivity contribution is 9.10. The minimum atomic E-state index is 0.0341. The van der Waals surface area contributed by atoms with Gasteiger partial charge in [-0.05, 0) is 36.6 Å². The molecule has 1 saturated carbocycles. The second-order valence-electron chi connectivity index (χ2n) is 4.67. The average molecular weight is 280 g/mol. The molecule has 1 aromatic carbocycles. The van der Waals surface area contributed by atoms with E-state index >= 15 is 0 Å². The summed E-state index contributed by atoms with van der Waals surface area (Å²) in [4.78, 5) is 12.0. The molecule has 0 spiro atoms. The number of hydrogen-bond acceptors (Lipinski definition) is 2. The Bertz CT molecular complexity index is 444. The molecule has 1 fully saturated rings. The third kappa shape index (κ3) is 1.58. The lowest BCUT2D eigenvalue weighted by atomic mass is 9.91. The predicted octanol–water partition coefficient (Wildman–Crippen LogP) is 3.47. The first-order valence-corrected chi connectivity index (χ1v) is 6.64. The number of ketones is 1. The molecule has 0 bridgehead atoms. The molecule has 3 heteroatoms. The van der Waals surface area contributed by atoms with E-state index in [0.717, 1.165) is 29.4 Å². The molecule has 1 aromatic rings. The predicted molar refractivity (Wildman–Crippen MR) is 67.8 cm³/mol. The summed E-state index contributed by atoms with van der Waals surface area (Å²) >= 11 is 3.50. The fraction of sp³-hybridized carbons (Fsp3) is 0.462. The molecular formula is C13H14BrNO. The molecule has 2 atom stereocenters. The highest BCUT2D eigenvalue weighted by Crippen LogP contribution is 2.42. The van der Waals surface area contributed by atoms with Gasteiger partial charge in [-0.2, -0.15) is 0 Å². The van der Waals surface area contributed by atoms with E-state index in [0.29, 0.717) is 11.7 Å². The summed E-state index contributed by atoms with van der Waals surface area (Å²) in [5.74, 6) is 0.775. The van der Waals surface area contributed by atoms with Gasteiger partial charge in [0.15, 0.2) is 5.78 Å². The van der Waals surface area contributed by atoms with Crippen molar-refractivity contribution < 1.29 is 4.79 Å². The van der Waals surface area contributed by atoms with Gasteiger partial charge in [0.2, 0.25) is 0 Å². The van der Waals surface area contributed by atoms with E-state index in [1.165, 1.54) is 12.0 Å². The van der Waals surface area contributed by atoms with Crippen molar-refractivity contribution in [2.24, 2.45) is 0 Å². The minimum Gasteiger partial charge on any atom is -0.375 e. The summed E-state index contributed by atoms with van der Waals surface area (Å²) in [5, 5.41) is 3.38. The molecular weight excluding hydrogens is 266 g/mol. The Hall–Kier alpha value is -0.830. The summed E-state index contributed by atoms with van der Waals surface area (Å²) in [7, 11) is 0. The van der Waals surface area contributed by atoms with Crippen LogP contribution in [0.15, 0.2) is 22.7 Å². The first kappa shape index (κ1) is 10.3. The van der Waals surface area contributed by atoms with Crippen LogP contribution in [0.2, 0.25) is 0 Å². The number of carbonyl (C=O) groups is 1. The maximum atomic E-state index is 12.0. The van der Waals surface area contributed by atoms with Crippen LogP contribution in [-0.4, -0.2) is 11.8 Å². The smallest absolute Gasteiger partial charge is 0.155 e. The molecule has 1 aliphatic heterocycles. The summed E-state index contributed by atoms with van der Waals surface area (Å²) in [6, 6.07) is 6.29. The molecule has 16 heavy (non-hydrogen) atoms. The van der Waals surface area contributed by atoms with Crippen molar-refractivity contribution in [3.8, 4) is 0 Å². The first-order valence-electron chi connectivity index (χ1n) is 5.84. The Morgan fingerprint density at radius 1 is 1.31 bits per heavy atom. The van der Waals surface area contributed by atoms with E-state index in [9.17, 15) is 4.79 Å². The largest absolute Gasteiger partial charge is 0.375 e. The molecule has 84 valence electrons. The number of fused-ring (bicyclic) bond motifs is 3. The highest BCUT2D eigenvalue weighted by atomic mass is 79.9. The fourth-order valence-electron chi connectivity index (χ4n) is 2.87. The molecule has 1 heterocycles. The number of rotatable bonds is 0. The van der Waals surface area contributed by atoms with Crippen LogP contribution in [0.25, 0.3) is 0 Å². The molecule has 0 saturated heterocycles. The van der Waals surface area contributed by atoms with Crippen LogP contribution in [0.1, 0.15) is 37.2 Å². The number of nitrogens with one attached hydrogen (secondary N) is 1. The topological polar surface area (TPSA) is 29.1 Å². The van der Waals surface area contributed by atoms with Crippen LogP contribution >= 0.6 is 15.9 Å². The van der Waals surface area contributed by atoms with Crippen LogP contribution in [0, 0.1) is 0 Å². The van der Waals surface area contributed by atoms with Gasteiger partial charge in [0.05, 0.1) is 6.04 Å². The van der Waals surface area contributed by atoms with Crippen molar-refractivity contribution in [1.29, 1.82) is 0 Å². The molecule has 2 nitrogen and oxygen atoms in total. The molecule has 2 aliphatic rings. The van der Waals surface area contributed by atoms with Crippen LogP contribution < -0.4 is 5.32 Å². The Labute approximate surface area is 104 Å². The lowest BCUT2D eigenvalue weighted by Crippen LogP contribution is -2.28. The van der Waals surface area contributed by atoms with E-state index in [4.69, 9.17) is 0 Å². The van der Waals surface area contributed by atoms with Crippen molar-refractivity contribution >= 4 is 27.4 Å². The first-order chi connectivity index (χ1) is 7.75. The van der Waals surface area contributed by atoms with Crippen molar-refractivity contribution in [3.05, 3.63) is 28.2 Å². The number of Topliss-reactive ketones (excluding diaryl/α,β-unsaturated/α-hetero) is 1. The second kappa shape index (κ2) is 3.88. The molecule has 1 aliphatic carbocycles. The lowest BCUT2D eigenvalue weighted by molar-refractivity contribution is -0.119. The maximum absolute atomic E-state index is 12.0. The van der Waals surface area contributed by atoms with Gasteiger partial charge >= 0.3 is 0 Å². The standard InChI is InChI=1S/C13H14BrNO/c14-8-5-6-11-10(7-8)9-3-1-2-4-12(16)13(9)15-11/h5-7,9,13,15H,1-4H2. The quantitative estimate of drug-likeness (QED) is 0.788.